The van der Waals surface area contributed by atoms with Crippen LogP contribution in [0.4, 0.5) is 5.69 Å². The molecule has 0 saturated carbocycles. The van der Waals surface area contributed by atoms with Crippen LogP contribution in [0.1, 0.15) is 5.56 Å². The number of fused-ring (bicyclic) bond motifs is 1. The fourth-order valence-corrected chi connectivity index (χ4v) is 2.19. The zero-order valence-corrected chi connectivity index (χ0v) is 11.5. The Hall–Kier alpha value is -2.32. The van der Waals surface area contributed by atoms with E-state index in [0.29, 0.717) is 5.02 Å². The molecule has 0 atom stereocenters. The molecule has 0 radical (unpaired) electrons. The Kier molecular flexibility index (Phi) is 3.66. The van der Waals surface area contributed by atoms with Gasteiger partial charge >= 0.3 is 0 Å². The van der Waals surface area contributed by atoms with E-state index in [4.69, 9.17) is 11.6 Å². The first-order chi connectivity index (χ1) is 9.83. The van der Waals surface area contributed by atoms with E-state index in [1.165, 1.54) is 10.8 Å². The van der Waals surface area contributed by atoms with Gasteiger partial charge in [-0.15, -0.1) is 0 Å². The van der Waals surface area contributed by atoms with Gasteiger partial charge in [0.15, 0.2) is 0 Å². The number of benzene rings is 3. The fourth-order valence-electron chi connectivity index (χ4n) is 2.06. The molecule has 3 heteroatoms. The molecule has 3 aromatic rings. The lowest BCUT2D eigenvalue weighted by Crippen LogP contribution is -1.91. The number of hydrazone groups is 1. The molecule has 2 nitrogen and oxygen atoms in total. The summed E-state index contributed by atoms with van der Waals surface area (Å²) in [6.07, 6.45) is 1.83. The summed E-state index contributed by atoms with van der Waals surface area (Å²) in [5.74, 6) is 0. The van der Waals surface area contributed by atoms with Gasteiger partial charge in [-0.3, -0.25) is 5.43 Å². The maximum absolute atomic E-state index is 5.84. The third-order valence-corrected chi connectivity index (χ3v) is 3.32. The van der Waals surface area contributed by atoms with Gasteiger partial charge < -0.3 is 0 Å². The van der Waals surface area contributed by atoms with Crippen molar-refractivity contribution >= 4 is 34.3 Å². The maximum atomic E-state index is 5.84. The molecule has 1 N–H and O–H groups in total. The molecule has 0 fully saturated rings. The smallest absolute Gasteiger partial charge is 0.0562 e. The van der Waals surface area contributed by atoms with Gasteiger partial charge in [0.1, 0.15) is 0 Å². The van der Waals surface area contributed by atoms with E-state index in [1.54, 1.807) is 0 Å². The average Bonchev–Trinajstić information content (AvgIpc) is 2.49. The van der Waals surface area contributed by atoms with Crippen molar-refractivity contribution in [2.75, 3.05) is 5.43 Å². The third-order valence-electron chi connectivity index (χ3n) is 3.06. The number of halogens is 1. The molecule has 3 rings (SSSR count). The van der Waals surface area contributed by atoms with Crippen molar-refractivity contribution in [3.8, 4) is 0 Å². The molecule has 0 aliphatic heterocycles. The van der Waals surface area contributed by atoms with Crippen LogP contribution in [-0.2, 0) is 0 Å². The summed E-state index contributed by atoms with van der Waals surface area (Å²) < 4.78 is 0. The predicted octanol–water partition coefficient (Wildman–Crippen LogP) is 4.94. The van der Waals surface area contributed by atoms with Crippen molar-refractivity contribution in [1.82, 2.24) is 0 Å². The molecule has 98 valence electrons. The number of hydrogen-bond acceptors (Lipinski definition) is 2. The number of anilines is 1. The molecule has 0 spiro atoms. The largest absolute Gasteiger partial charge is 0.279 e. The zero-order valence-electron chi connectivity index (χ0n) is 10.8. The Bertz CT molecular complexity index is 743. The first-order valence-corrected chi connectivity index (χ1v) is 6.73. The van der Waals surface area contributed by atoms with Gasteiger partial charge in [-0.05, 0) is 35.0 Å². The van der Waals surface area contributed by atoms with Gasteiger partial charge in [0, 0.05) is 10.6 Å². The van der Waals surface area contributed by atoms with Crippen LogP contribution in [0.15, 0.2) is 71.8 Å². The van der Waals surface area contributed by atoms with E-state index < -0.39 is 0 Å². The molecule has 0 aromatic heterocycles. The van der Waals surface area contributed by atoms with Crippen molar-refractivity contribution in [1.29, 1.82) is 0 Å². The number of rotatable bonds is 3. The Balaban J connectivity index is 1.82. The molecule has 0 saturated heterocycles. The van der Waals surface area contributed by atoms with Crippen molar-refractivity contribution in [3.63, 3.8) is 0 Å². The van der Waals surface area contributed by atoms with Gasteiger partial charge in [-0.2, -0.15) is 5.10 Å². The first-order valence-electron chi connectivity index (χ1n) is 6.35. The summed E-state index contributed by atoms with van der Waals surface area (Å²) in [4.78, 5) is 0. The van der Waals surface area contributed by atoms with Gasteiger partial charge in [-0.25, -0.2) is 0 Å². The maximum Gasteiger partial charge on any atom is 0.0562 e. The summed E-state index contributed by atoms with van der Waals surface area (Å²) in [5, 5.41) is 7.39. The third kappa shape index (κ3) is 2.81. The molecule has 0 aliphatic carbocycles. The van der Waals surface area contributed by atoms with Gasteiger partial charge in [-0.1, -0.05) is 54.1 Å². The molecule has 0 heterocycles. The molecule has 20 heavy (non-hydrogen) atoms. The van der Waals surface area contributed by atoms with Gasteiger partial charge in [0.25, 0.3) is 0 Å². The topological polar surface area (TPSA) is 24.4 Å². The highest BCUT2D eigenvalue weighted by Gasteiger charge is 1.96. The highest BCUT2D eigenvalue weighted by atomic mass is 35.5. The quantitative estimate of drug-likeness (QED) is 0.533. The number of nitrogens with one attached hydrogen (secondary N) is 1. The fraction of sp³-hybridized carbons (Fsp3) is 0. The molecule has 0 bridgehead atoms. The normalized spacial score (nSPS) is 11.1. The van der Waals surface area contributed by atoms with Gasteiger partial charge in [0.2, 0.25) is 0 Å². The summed E-state index contributed by atoms with van der Waals surface area (Å²) in [6.45, 7) is 0. The Morgan fingerprint density at radius 1 is 0.850 bits per heavy atom. The van der Waals surface area contributed by atoms with E-state index >= 15 is 0 Å². The van der Waals surface area contributed by atoms with Crippen molar-refractivity contribution < 1.29 is 0 Å². The Labute approximate surface area is 122 Å². The lowest BCUT2D eigenvalue weighted by Gasteiger charge is -2.02. The molecule has 3 aromatic carbocycles. The van der Waals surface area contributed by atoms with E-state index in [9.17, 15) is 0 Å². The van der Waals surface area contributed by atoms with E-state index in [1.807, 2.05) is 48.7 Å². The lowest BCUT2D eigenvalue weighted by molar-refractivity contribution is 1.35. The SMILES string of the molecule is Clc1ccc(N/N=C/c2cccc3ccccc23)cc1. The van der Waals surface area contributed by atoms with Crippen LogP contribution in [0.25, 0.3) is 10.8 Å². The number of hydrogen-bond donors (Lipinski definition) is 1. The summed E-state index contributed by atoms with van der Waals surface area (Å²) in [7, 11) is 0. The van der Waals surface area contributed by atoms with E-state index in [2.05, 4.69) is 34.8 Å². The first kappa shape index (κ1) is 12.7. The van der Waals surface area contributed by atoms with E-state index in [0.717, 1.165) is 11.3 Å². The second-order valence-electron chi connectivity index (χ2n) is 4.45. The minimum atomic E-state index is 0.716. The second kappa shape index (κ2) is 5.76. The minimum absolute atomic E-state index is 0.716. The molecular weight excluding hydrogens is 268 g/mol. The highest BCUT2D eigenvalue weighted by Crippen LogP contribution is 2.17. The summed E-state index contributed by atoms with van der Waals surface area (Å²) >= 11 is 5.84. The molecule has 0 unspecified atom stereocenters. The van der Waals surface area contributed by atoms with Crippen LogP contribution in [-0.4, -0.2) is 6.21 Å². The Morgan fingerprint density at radius 2 is 1.60 bits per heavy atom. The van der Waals surface area contributed by atoms with Crippen molar-refractivity contribution in [3.05, 3.63) is 77.3 Å². The summed E-state index contributed by atoms with van der Waals surface area (Å²) in [6, 6.07) is 21.9. The molecule has 0 amide bonds. The minimum Gasteiger partial charge on any atom is -0.279 e. The zero-order chi connectivity index (χ0) is 13.8. The highest BCUT2D eigenvalue weighted by molar-refractivity contribution is 6.30. The van der Waals surface area contributed by atoms with Gasteiger partial charge in [0.05, 0.1) is 11.9 Å². The van der Waals surface area contributed by atoms with Crippen LogP contribution in [0, 0.1) is 0 Å². The summed E-state index contributed by atoms with van der Waals surface area (Å²) in [5.41, 5.74) is 4.99. The van der Waals surface area contributed by atoms with Crippen LogP contribution in [0.2, 0.25) is 5.02 Å². The standard InChI is InChI=1S/C17H13ClN2/c18-15-8-10-16(11-9-15)20-19-12-14-6-3-5-13-4-1-2-7-17(13)14/h1-12,20H/b19-12+. The van der Waals surface area contributed by atoms with Crippen LogP contribution in [0.5, 0.6) is 0 Å². The second-order valence-corrected chi connectivity index (χ2v) is 4.88. The van der Waals surface area contributed by atoms with Crippen molar-refractivity contribution in [2.24, 2.45) is 5.10 Å². The molecule has 0 aliphatic rings. The molecular formula is C17H13ClN2. The van der Waals surface area contributed by atoms with Crippen molar-refractivity contribution in [2.45, 2.75) is 0 Å². The van der Waals surface area contributed by atoms with Crippen LogP contribution in [0.3, 0.4) is 0 Å². The predicted molar refractivity (Wildman–Crippen MR) is 86.6 cm³/mol. The lowest BCUT2D eigenvalue weighted by atomic mass is 10.1. The monoisotopic (exact) mass is 280 g/mol. The average molecular weight is 281 g/mol. The number of nitrogens with zero attached hydrogens (tertiary/aromatic N) is 1. The van der Waals surface area contributed by atoms with Crippen LogP contribution < -0.4 is 5.43 Å². The Morgan fingerprint density at radius 3 is 2.45 bits per heavy atom. The van der Waals surface area contributed by atoms with Crippen LogP contribution >= 0.6 is 11.6 Å². The van der Waals surface area contributed by atoms with E-state index in [-0.39, 0.29) is 0 Å².